The Labute approximate surface area is 123 Å². The van der Waals surface area contributed by atoms with Gasteiger partial charge in [-0.15, -0.1) is 0 Å². The summed E-state index contributed by atoms with van der Waals surface area (Å²) in [5.74, 6) is -0.908. The first kappa shape index (κ1) is 15.0. The van der Waals surface area contributed by atoms with E-state index in [2.05, 4.69) is 9.97 Å². The molecule has 2 aromatic rings. The summed E-state index contributed by atoms with van der Waals surface area (Å²) in [7, 11) is 1.59. The summed E-state index contributed by atoms with van der Waals surface area (Å²) in [4.78, 5) is 20.2. The molecule has 0 fully saturated rings. The maximum absolute atomic E-state index is 11.6. The monoisotopic (exact) mass is 286 g/mol. The Balaban J connectivity index is 2.35. The lowest BCUT2D eigenvalue weighted by molar-refractivity contribution is -0.138. The van der Waals surface area contributed by atoms with Crippen molar-refractivity contribution < 1.29 is 14.6 Å². The number of ether oxygens (including phenoxy) is 1. The minimum absolute atomic E-state index is 0.353. The van der Waals surface area contributed by atoms with Gasteiger partial charge in [-0.05, 0) is 38.0 Å². The van der Waals surface area contributed by atoms with Gasteiger partial charge in [0.25, 0.3) is 0 Å². The highest BCUT2D eigenvalue weighted by Crippen LogP contribution is 2.24. The van der Waals surface area contributed by atoms with Crippen LogP contribution in [0.4, 0.5) is 0 Å². The molecule has 0 spiro atoms. The molecule has 0 aliphatic carbocycles. The number of aromatic nitrogens is 2. The molecule has 110 valence electrons. The molecule has 0 saturated carbocycles. The van der Waals surface area contributed by atoms with Gasteiger partial charge in [-0.3, -0.25) is 14.8 Å². The van der Waals surface area contributed by atoms with E-state index in [1.807, 2.05) is 24.3 Å². The molecule has 1 N–H and O–H groups in total. The second kappa shape index (κ2) is 6.35. The average Bonchev–Trinajstić information content (AvgIpc) is 2.47. The molecule has 1 unspecified atom stereocenters. The lowest BCUT2D eigenvalue weighted by Gasteiger charge is -2.15. The summed E-state index contributed by atoms with van der Waals surface area (Å²) < 4.78 is 5.17. The van der Waals surface area contributed by atoms with Crippen LogP contribution in [0.2, 0.25) is 0 Å². The van der Waals surface area contributed by atoms with E-state index in [1.165, 1.54) is 0 Å². The fraction of sp³-hybridized carbons (Fsp3) is 0.312. The second-order valence-electron chi connectivity index (χ2n) is 4.93. The molecule has 0 amide bonds. The highest BCUT2D eigenvalue weighted by Gasteiger charge is 2.24. The Morgan fingerprint density at radius 1 is 1.38 bits per heavy atom. The molecule has 0 bridgehead atoms. The first-order chi connectivity index (χ1) is 10.0. The summed E-state index contributed by atoms with van der Waals surface area (Å²) >= 11 is 0. The van der Waals surface area contributed by atoms with Gasteiger partial charge in [0.2, 0.25) is 0 Å². The minimum Gasteiger partial charge on any atom is -0.497 e. The van der Waals surface area contributed by atoms with Gasteiger partial charge >= 0.3 is 5.97 Å². The normalized spacial score (nSPS) is 12.0. The molecule has 2 rings (SSSR count). The number of nitrogens with zero attached hydrogens (tertiary/aromatic N) is 2. The van der Waals surface area contributed by atoms with E-state index in [1.54, 1.807) is 27.2 Å². The number of carboxylic acid groups (broad SMARTS) is 1. The molecular formula is C16H18N2O3. The summed E-state index contributed by atoms with van der Waals surface area (Å²) in [6, 6.07) is 7.41. The number of methoxy groups -OCH3 is 1. The van der Waals surface area contributed by atoms with E-state index in [0.29, 0.717) is 29.3 Å². The van der Waals surface area contributed by atoms with Gasteiger partial charge in [-0.1, -0.05) is 12.1 Å². The standard InChI is InChI=1S/C16H18N2O3/c1-10-9-17-11(2)15(18-10)14(16(19)20)8-12-5-4-6-13(7-12)21-3/h4-7,9,14H,8H2,1-3H3,(H,19,20). The van der Waals surface area contributed by atoms with E-state index >= 15 is 0 Å². The smallest absolute Gasteiger partial charge is 0.313 e. The van der Waals surface area contributed by atoms with Gasteiger partial charge < -0.3 is 9.84 Å². The van der Waals surface area contributed by atoms with Crippen molar-refractivity contribution in [1.29, 1.82) is 0 Å². The maximum Gasteiger partial charge on any atom is 0.313 e. The molecule has 21 heavy (non-hydrogen) atoms. The van der Waals surface area contributed by atoms with Crippen LogP contribution in [0.3, 0.4) is 0 Å². The van der Waals surface area contributed by atoms with Crippen molar-refractivity contribution in [3.05, 3.63) is 53.1 Å². The molecule has 0 aliphatic heterocycles. The SMILES string of the molecule is COc1cccc(CC(C(=O)O)c2nc(C)cnc2C)c1. The number of carboxylic acids is 1. The van der Waals surface area contributed by atoms with Crippen LogP contribution >= 0.6 is 0 Å². The fourth-order valence-corrected chi connectivity index (χ4v) is 2.22. The molecule has 1 aromatic heterocycles. The Morgan fingerprint density at radius 2 is 2.14 bits per heavy atom. The average molecular weight is 286 g/mol. The fourth-order valence-electron chi connectivity index (χ4n) is 2.22. The summed E-state index contributed by atoms with van der Waals surface area (Å²) in [6.07, 6.45) is 1.99. The predicted octanol–water partition coefficient (Wildman–Crippen LogP) is 2.51. The zero-order valence-electron chi connectivity index (χ0n) is 12.3. The van der Waals surface area contributed by atoms with Crippen molar-refractivity contribution >= 4 is 5.97 Å². The van der Waals surface area contributed by atoms with E-state index in [0.717, 1.165) is 5.56 Å². The van der Waals surface area contributed by atoms with Crippen LogP contribution in [0.5, 0.6) is 5.75 Å². The van der Waals surface area contributed by atoms with Crippen molar-refractivity contribution in [3.8, 4) is 5.75 Å². The van der Waals surface area contributed by atoms with Crippen molar-refractivity contribution in [2.45, 2.75) is 26.2 Å². The third kappa shape index (κ3) is 3.56. The van der Waals surface area contributed by atoms with E-state index in [-0.39, 0.29) is 0 Å². The number of hydrogen-bond acceptors (Lipinski definition) is 4. The summed E-state index contributed by atoms with van der Waals surface area (Å²) in [6.45, 7) is 3.59. The van der Waals surface area contributed by atoms with Gasteiger partial charge in [-0.25, -0.2) is 0 Å². The zero-order valence-corrected chi connectivity index (χ0v) is 12.3. The van der Waals surface area contributed by atoms with E-state index in [4.69, 9.17) is 4.74 Å². The molecule has 1 aromatic carbocycles. The van der Waals surface area contributed by atoms with E-state index < -0.39 is 11.9 Å². The van der Waals surface area contributed by atoms with Crippen molar-refractivity contribution in [1.82, 2.24) is 9.97 Å². The van der Waals surface area contributed by atoms with Crippen LogP contribution < -0.4 is 4.74 Å². The highest BCUT2D eigenvalue weighted by molar-refractivity contribution is 5.76. The molecule has 0 saturated heterocycles. The van der Waals surface area contributed by atoms with Gasteiger partial charge in [0.15, 0.2) is 0 Å². The number of aryl methyl sites for hydroxylation is 2. The molecule has 1 heterocycles. The molecule has 0 radical (unpaired) electrons. The topological polar surface area (TPSA) is 72.3 Å². The van der Waals surface area contributed by atoms with Crippen molar-refractivity contribution in [3.63, 3.8) is 0 Å². The lowest BCUT2D eigenvalue weighted by Crippen LogP contribution is -2.18. The molecular weight excluding hydrogens is 268 g/mol. The zero-order chi connectivity index (χ0) is 15.4. The van der Waals surface area contributed by atoms with Crippen LogP contribution in [-0.4, -0.2) is 28.2 Å². The Kier molecular flexibility index (Phi) is 4.52. The van der Waals surface area contributed by atoms with Gasteiger partial charge in [0.1, 0.15) is 11.7 Å². The highest BCUT2D eigenvalue weighted by atomic mass is 16.5. The Bertz CT molecular complexity index is 656. The third-order valence-electron chi connectivity index (χ3n) is 3.31. The molecule has 5 nitrogen and oxygen atoms in total. The lowest BCUT2D eigenvalue weighted by atomic mass is 9.94. The van der Waals surface area contributed by atoms with Crippen LogP contribution in [0.1, 0.15) is 28.6 Å². The summed E-state index contributed by atoms with van der Waals surface area (Å²) in [5.41, 5.74) is 2.78. The number of rotatable bonds is 5. The number of hydrogen-bond donors (Lipinski definition) is 1. The molecule has 5 heteroatoms. The van der Waals surface area contributed by atoms with Gasteiger partial charge in [0, 0.05) is 6.20 Å². The van der Waals surface area contributed by atoms with E-state index in [9.17, 15) is 9.90 Å². The maximum atomic E-state index is 11.6. The minimum atomic E-state index is -0.902. The first-order valence-corrected chi connectivity index (χ1v) is 6.67. The van der Waals surface area contributed by atoms with Crippen LogP contribution in [0.15, 0.2) is 30.5 Å². The van der Waals surface area contributed by atoms with Crippen LogP contribution in [0.25, 0.3) is 0 Å². The van der Waals surface area contributed by atoms with Crippen molar-refractivity contribution in [2.24, 2.45) is 0 Å². The quantitative estimate of drug-likeness (QED) is 0.914. The second-order valence-corrected chi connectivity index (χ2v) is 4.93. The predicted molar refractivity (Wildman–Crippen MR) is 78.6 cm³/mol. The summed E-state index contributed by atoms with van der Waals surface area (Å²) in [5, 5.41) is 9.53. The molecule has 1 atom stereocenters. The van der Waals surface area contributed by atoms with Gasteiger partial charge in [0.05, 0.1) is 24.2 Å². The van der Waals surface area contributed by atoms with Crippen molar-refractivity contribution in [2.75, 3.05) is 7.11 Å². The third-order valence-corrected chi connectivity index (χ3v) is 3.31. The largest absolute Gasteiger partial charge is 0.497 e. The number of benzene rings is 1. The van der Waals surface area contributed by atoms with Crippen LogP contribution in [0, 0.1) is 13.8 Å². The first-order valence-electron chi connectivity index (χ1n) is 6.67. The number of aliphatic carboxylic acids is 1. The van der Waals surface area contributed by atoms with Gasteiger partial charge in [-0.2, -0.15) is 0 Å². The van der Waals surface area contributed by atoms with Crippen LogP contribution in [-0.2, 0) is 11.2 Å². The molecule has 0 aliphatic rings. The number of carbonyl (C=O) groups is 1. The Morgan fingerprint density at radius 3 is 2.81 bits per heavy atom. The Hall–Kier alpha value is -2.43.